The van der Waals surface area contributed by atoms with Crippen molar-refractivity contribution in [3.8, 4) is 17.1 Å². The molecule has 0 saturated heterocycles. The first-order valence-corrected chi connectivity index (χ1v) is 10.1. The van der Waals surface area contributed by atoms with Crippen molar-refractivity contribution in [3.63, 3.8) is 0 Å². The van der Waals surface area contributed by atoms with Crippen molar-refractivity contribution in [1.29, 1.82) is 0 Å². The lowest BCUT2D eigenvalue weighted by Gasteiger charge is -2.03. The Hall–Kier alpha value is -3.23. The van der Waals surface area contributed by atoms with Gasteiger partial charge in [-0.25, -0.2) is 14.6 Å². The number of fused-ring (bicyclic) bond motifs is 1. The quantitative estimate of drug-likeness (QED) is 0.298. The number of rotatable bonds is 5. The molecule has 0 spiro atoms. The van der Waals surface area contributed by atoms with Crippen LogP contribution in [0.25, 0.3) is 28.1 Å². The van der Waals surface area contributed by atoms with Gasteiger partial charge >= 0.3 is 0 Å². The molecule has 0 radical (unpaired) electrons. The molecule has 0 bridgehead atoms. The fraction of sp³-hybridized carbons (Fsp3) is 0.0500. The largest absolute Gasteiger partial charge is 0.338 e. The zero-order chi connectivity index (χ0) is 19.6. The molecule has 5 rings (SSSR count). The second-order valence-corrected chi connectivity index (χ2v) is 7.52. The number of halogens is 1. The van der Waals surface area contributed by atoms with Crippen LogP contribution in [0, 0.1) is 0 Å². The van der Waals surface area contributed by atoms with E-state index in [9.17, 15) is 0 Å². The molecule has 3 aromatic heterocycles. The normalized spacial score (nSPS) is 11.2. The third kappa shape index (κ3) is 3.59. The van der Waals surface area contributed by atoms with Gasteiger partial charge in [-0.1, -0.05) is 58.9 Å². The highest BCUT2D eigenvalue weighted by molar-refractivity contribution is 7.98. The maximum atomic E-state index is 6.03. The summed E-state index contributed by atoms with van der Waals surface area (Å²) in [6, 6.07) is 17.2. The van der Waals surface area contributed by atoms with Crippen LogP contribution in [0.3, 0.4) is 0 Å². The molecule has 0 N–H and O–H groups in total. The third-order valence-corrected chi connectivity index (χ3v) is 5.44. The Morgan fingerprint density at radius 2 is 1.93 bits per heavy atom. The van der Waals surface area contributed by atoms with Crippen LogP contribution in [0.2, 0.25) is 5.02 Å². The maximum Gasteiger partial charge on any atom is 0.237 e. The number of nitrogens with zero attached hydrogens (tertiary/aromatic N) is 6. The van der Waals surface area contributed by atoms with E-state index < -0.39 is 0 Å². The molecule has 0 aliphatic carbocycles. The van der Waals surface area contributed by atoms with Gasteiger partial charge in [0.2, 0.25) is 11.7 Å². The molecule has 0 unspecified atom stereocenters. The summed E-state index contributed by atoms with van der Waals surface area (Å²) in [6.45, 7) is 0. The van der Waals surface area contributed by atoms with E-state index in [1.807, 2.05) is 42.5 Å². The molecule has 29 heavy (non-hydrogen) atoms. The van der Waals surface area contributed by atoms with Crippen LogP contribution in [-0.2, 0) is 5.75 Å². The van der Waals surface area contributed by atoms with Crippen LogP contribution in [0.15, 0.2) is 76.7 Å². The summed E-state index contributed by atoms with van der Waals surface area (Å²) in [5.74, 6) is 1.50. The summed E-state index contributed by atoms with van der Waals surface area (Å²) in [6.07, 6.45) is 3.31. The molecule has 3 heterocycles. The topological polar surface area (TPSA) is 82.5 Å². The molecular weight excluding hydrogens is 408 g/mol. The molecule has 2 aromatic carbocycles. The van der Waals surface area contributed by atoms with Crippen molar-refractivity contribution in [2.45, 2.75) is 10.8 Å². The SMILES string of the molecule is Clc1cccc(-c2noc(CSc3ncnc4c3cnn4-c3ccccc3)n2)c1. The van der Waals surface area contributed by atoms with E-state index in [1.165, 1.54) is 18.1 Å². The molecule has 0 fully saturated rings. The summed E-state index contributed by atoms with van der Waals surface area (Å²) in [5.41, 5.74) is 2.50. The molecule has 0 saturated carbocycles. The average Bonchev–Trinajstić information content (AvgIpc) is 3.40. The van der Waals surface area contributed by atoms with Gasteiger partial charge in [-0.15, -0.1) is 0 Å². The van der Waals surface area contributed by atoms with Crippen molar-refractivity contribution in [2.75, 3.05) is 0 Å². The van der Waals surface area contributed by atoms with E-state index >= 15 is 0 Å². The van der Waals surface area contributed by atoms with Crippen molar-refractivity contribution in [1.82, 2.24) is 29.9 Å². The summed E-state index contributed by atoms with van der Waals surface area (Å²) in [5, 5.41) is 10.8. The predicted molar refractivity (Wildman–Crippen MR) is 111 cm³/mol. The molecule has 9 heteroatoms. The lowest BCUT2D eigenvalue weighted by Crippen LogP contribution is -1.97. The first-order chi connectivity index (χ1) is 14.3. The lowest BCUT2D eigenvalue weighted by molar-refractivity contribution is 0.391. The standard InChI is InChI=1S/C20H13ClN6OS/c21-14-6-4-5-13(9-14)18-25-17(28-26-18)11-29-20-16-10-24-27(19(16)22-12-23-20)15-7-2-1-3-8-15/h1-10,12H,11H2. The Balaban J connectivity index is 1.38. The van der Waals surface area contributed by atoms with E-state index in [1.54, 1.807) is 23.0 Å². The fourth-order valence-electron chi connectivity index (χ4n) is 2.88. The highest BCUT2D eigenvalue weighted by Gasteiger charge is 2.14. The minimum absolute atomic E-state index is 0.482. The van der Waals surface area contributed by atoms with Gasteiger partial charge in [-0.3, -0.25) is 0 Å². The van der Waals surface area contributed by atoms with E-state index in [0.29, 0.717) is 22.5 Å². The van der Waals surface area contributed by atoms with E-state index in [0.717, 1.165) is 27.3 Å². The van der Waals surface area contributed by atoms with Gasteiger partial charge in [0, 0.05) is 10.6 Å². The average molecular weight is 421 g/mol. The first-order valence-electron chi connectivity index (χ1n) is 8.73. The third-order valence-electron chi connectivity index (χ3n) is 4.21. The Morgan fingerprint density at radius 1 is 1.03 bits per heavy atom. The summed E-state index contributed by atoms with van der Waals surface area (Å²) < 4.78 is 7.17. The first kappa shape index (κ1) is 17.8. The maximum absolute atomic E-state index is 6.03. The van der Waals surface area contributed by atoms with Crippen molar-refractivity contribution in [3.05, 3.63) is 78.0 Å². The van der Waals surface area contributed by atoms with Crippen molar-refractivity contribution >= 4 is 34.4 Å². The van der Waals surface area contributed by atoms with E-state index in [2.05, 4.69) is 25.2 Å². The highest BCUT2D eigenvalue weighted by atomic mass is 35.5. The van der Waals surface area contributed by atoms with Gasteiger partial charge in [-0.05, 0) is 24.3 Å². The van der Waals surface area contributed by atoms with Gasteiger partial charge in [-0.2, -0.15) is 10.1 Å². The van der Waals surface area contributed by atoms with Crippen LogP contribution in [0.4, 0.5) is 0 Å². The lowest BCUT2D eigenvalue weighted by atomic mass is 10.2. The Kier molecular flexibility index (Phi) is 4.71. The molecule has 0 amide bonds. The Labute approximate surface area is 174 Å². The number of para-hydroxylation sites is 1. The second kappa shape index (κ2) is 7.65. The summed E-state index contributed by atoms with van der Waals surface area (Å²) in [7, 11) is 0. The van der Waals surface area contributed by atoms with E-state index in [-0.39, 0.29) is 0 Å². The predicted octanol–water partition coefficient (Wildman–Crippen LogP) is 4.81. The number of hydrogen-bond acceptors (Lipinski definition) is 7. The van der Waals surface area contributed by atoms with Gasteiger partial charge < -0.3 is 4.52 Å². The number of thioether (sulfide) groups is 1. The van der Waals surface area contributed by atoms with E-state index in [4.69, 9.17) is 16.1 Å². The summed E-state index contributed by atoms with van der Waals surface area (Å²) >= 11 is 7.53. The highest BCUT2D eigenvalue weighted by Crippen LogP contribution is 2.28. The smallest absolute Gasteiger partial charge is 0.237 e. The number of benzene rings is 2. The minimum atomic E-state index is 0.482. The summed E-state index contributed by atoms with van der Waals surface area (Å²) in [4.78, 5) is 13.2. The molecule has 0 aliphatic heterocycles. The Bertz CT molecular complexity index is 1290. The van der Waals surface area contributed by atoms with Crippen LogP contribution >= 0.6 is 23.4 Å². The molecule has 0 atom stereocenters. The number of aromatic nitrogens is 6. The Morgan fingerprint density at radius 3 is 2.79 bits per heavy atom. The second-order valence-electron chi connectivity index (χ2n) is 6.12. The van der Waals surface area contributed by atoms with Crippen LogP contribution < -0.4 is 0 Å². The zero-order valence-corrected chi connectivity index (χ0v) is 16.5. The molecule has 0 aliphatic rings. The monoisotopic (exact) mass is 420 g/mol. The number of hydrogen-bond donors (Lipinski definition) is 0. The molecule has 5 aromatic rings. The van der Waals surface area contributed by atoms with Crippen LogP contribution in [0.5, 0.6) is 0 Å². The van der Waals surface area contributed by atoms with Gasteiger partial charge in [0.05, 0.1) is 23.0 Å². The van der Waals surface area contributed by atoms with Crippen molar-refractivity contribution in [2.24, 2.45) is 0 Å². The molecular formula is C20H13ClN6OS. The zero-order valence-electron chi connectivity index (χ0n) is 14.9. The van der Waals surface area contributed by atoms with Gasteiger partial charge in [0.25, 0.3) is 0 Å². The fourth-order valence-corrected chi connectivity index (χ4v) is 3.87. The van der Waals surface area contributed by atoms with Crippen LogP contribution in [0.1, 0.15) is 5.89 Å². The van der Waals surface area contributed by atoms with Crippen molar-refractivity contribution < 1.29 is 4.52 Å². The minimum Gasteiger partial charge on any atom is -0.338 e. The van der Waals surface area contributed by atoms with Crippen LogP contribution in [-0.4, -0.2) is 29.9 Å². The van der Waals surface area contributed by atoms with Gasteiger partial charge in [0.15, 0.2) is 5.65 Å². The molecule has 7 nitrogen and oxygen atoms in total. The van der Waals surface area contributed by atoms with Gasteiger partial charge in [0.1, 0.15) is 11.4 Å². The molecule has 142 valence electrons.